The fourth-order valence-corrected chi connectivity index (χ4v) is 5.60. The van der Waals surface area contributed by atoms with Crippen molar-refractivity contribution < 1.29 is 22.7 Å². The molecule has 12 heteroatoms. The molecule has 2 aliphatic carbocycles. The van der Waals surface area contributed by atoms with Crippen LogP contribution >= 0.6 is 11.6 Å². The number of ether oxygens (including phenoxy) is 1. The highest BCUT2D eigenvalue weighted by Crippen LogP contribution is 2.60. The molecule has 1 aromatic carbocycles. The predicted octanol–water partition coefficient (Wildman–Crippen LogP) is 4.17. The minimum Gasteiger partial charge on any atom is -0.444 e. The van der Waals surface area contributed by atoms with Crippen LogP contribution in [-0.4, -0.2) is 48.1 Å². The summed E-state index contributed by atoms with van der Waals surface area (Å²) in [7, 11) is -3.48. The van der Waals surface area contributed by atoms with Gasteiger partial charge in [0.15, 0.2) is 0 Å². The molecule has 3 N–H and O–H groups in total. The monoisotopic (exact) mass is 523 g/mol. The molecule has 2 aromatic rings. The van der Waals surface area contributed by atoms with Crippen LogP contribution in [0.4, 0.5) is 16.2 Å². The molecule has 1 spiro atoms. The first-order valence-corrected chi connectivity index (χ1v) is 13.6. The van der Waals surface area contributed by atoms with E-state index in [2.05, 4.69) is 20.5 Å². The minimum absolute atomic E-state index is 0.129. The second-order valence-corrected chi connectivity index (χ2v) is 12.8. The van der Waals surface area contributed by atoms with Gasteiger partial charge in [0.05, 0.1) is 29.7 Å². The van der Waals surface area contributed by atoms with Gasteiger partial charge in [0.1, 0.15) is 5.60 Å². The van der Waals surface area contributed by atoms with Gasteiger partial charge in [0, 0.05) is 22.9 Å². The Balaban J connectivity index is 1.29. The molecular formula is C23H30ClN5O5S. The summed E-state index contributed by atoms with van der Waals surface area (Å²) in [5, 5.41) is 10.3. The van der Waals surface area contributed by atoms with Gasteiger partial charge < -0.3 is 15.4 Å². The Hall–Kier alpha value is -2.79. The summed E-state index contributed by atoms with van der Waals surface area (Å²) < 4.78 is 32.4. The number of sulfonamides is 1. The highest BCUT2D eigenvalue weighted by Gasteiger charge is 2.54. The minimum atomic E-state index is -3.48. The summed E-state index contributed by atoms with van der Waals surface area (Å²) in [6.07, 6.45) is 7.58. The number of alkyl carbamates (subject to hydrolysis) is 1. The number of hydrogen-bond donors (Lipinski definition) is 3. The fraction of sp³-hybridized carbons (Fsp3) is 0.522. The number of amides is 2. The van der Waals surface area contributed by atoms with Crippen molar-refractivity contribution in [3.8, 4) is 0 Å². The van der Waals surface area contributed by atoms with E-state index in [1.165, 1.54) is 24.4 Å². The molecule has 2 saturated carbocycles. The molecule has 0 aliphatic heterocycles. The van der Waals surface area contributed by atoms with E-state index in [4.69, 9.17) is 16.3 Å². The average molecular weight is 524 g/mol. The number of rotatable bonds is 6. The summed E-state index contributed by atoms with van der Waals surface area (Å²) in [6.45, 7) is 5.52. The van der Waals surface area contributed by atoms with E-state index in [9.17, 15) is 18.0 Å². The maximum atomic E-state index is 12.7. The van der Waals surface area contributed by atoms with E-state index in [0.29, 0.717) is 11.3 Å². The molecule has 0 radical (unpaired) electrons. The molecule has 1 heterocycles. The van der Waals surface area contributed by atoms with Gasteiger partial charge >= 0.3 is 6.09 Å². The summed E-state index contributed by atoms with van der Waals surface area (Å²) in [4.78, 5) is 24.6. The highest BCUT2D eigenvalue weighted by atomic mass is 35.5. The molecule has 2 fully saturated rings. The molecular weight excluding hydrogens is 494 g/mol. The predicted molar refractivity (Wildman–Crippen MR) is 133 cm³/mol. The van der Waals surface area contributed by atoms with Crippen molar-refractivity contribution in [2.24, 2.45) is 5.41 Å². The molecule has 35 heavy (non-hydrogen) atoms. The van der Waals surface area contributed by atoms with Crippen LogP contribution in [0.15, 0.2) is 30.6 Å². The van der Waals surface area contributed by atoms with Crippen LogP contribution < -0.4 is 15.4 Å². The molecule has 0 atom stereocenters. The standard InChI is InChI=1S/C23H30ClN5O5S/c1-22(2,3)34-21(31)27-18-8-23(9-18)10-19(11-23)29-13-14(12-25-29)20(30)26-16-5-15(24)6-17(7-16)28-35(4,32)33/h5-7,12-13,18-19,28H,8-11H2,1-4H3,(H,26,30)(H,27,31). The van der Waals surface area contributed by atoms with Gasteiger partial charge in [-0.05, 0) is 70.1 Å². The zero-order valence-electron chi connectivity index (χ0n) is 20.1. The van der Waals surface area contributed by atoms with Crippen LogP contribution in [0.2, 0.25) is 5.02 Å². The zero-order chi connectivity index (χ0) is 25.6. The maximum Gasteiger partial charge on any atom is 0.407 e. The lowest BCUT2D eigenvalue weighted by molar-refractivity contribution is -0.0484. The number of nitrogens with zero attached hydrogens (tertiary/aromatic N) is 2. The van der Waals surface area contributed by atoms with Crippen LogP contribution in [0.5, 0.6) is 0 Å². The summed E-state index contributed by atoms with van der Waals surface area (Å²) in [5.41, 5.74) is 0.705. The first kappa shape index (κ1) is 25.3. The van der Waals surface area contributed by atoms with Gasteiger partial charge in [0.2, 0.25) is 10.0 Å². The molecule has 10 nitrogen and oxygen atoms in total. The Labute approximate surface area is 209 Å². The topological polar surface area (TPSA) is 131 Å². The molecule has 4 rings (SSSR count). The number of carbonyl (C=O) groups is 2. The Morgan fingerprint density at radius 2 is 1.80 bits per heavy atom. The SMILES string of the molecule is CC(C)(C)OC(=O)NC1CC2(C1)CC(n1cc(C(=O)Nc3cc(Cl)cc(NS(C)(=O)=O)c3)cn1)C2. The molecule has 190 valence electrons. The van der Waals surface area contributed by atoms with E-state index in [-0.39, 0.29) is 40.2 Å². The average Bonchev–Trinajstić information content (AvgIpc) is 3.08. The van der Waals surface area contributed by atoms with E-state index >= 15 is 0 Å². The van der Waals surface area contributed by atoms with Gasteiger partial charge in [-0.3, -0.25) is 14.2 Å². The van der Waals surface area contributed by atoms with E-state index < -0.39 is 15.6 Å². The van der Waals surface area contributed by atoms with Gasteiger partial charge in [-0.1, -0.05) is 11.6 Å². The smallest absolute Gasteiger partial charge is 0.407 e. The highest BCUT2D eigenvalue weighted by molar-refractivity contribution is 7.92. The van der Waals surface area contributed by atoms with Crippen molar-refractivity contribution in [2.45, 2.75) is 64.1 Å². The van der Waals surface area contributed by atoms with Crippen LogP contribution in [0.25, 0.3) is 0 Å². The van der Waals surface area contributed by atoms with E-state index in [1.807, 2.05) is 25.5 Å². The second-order valence-electron chi connectivity index (χ2n) is 10.6. The third-order valence-corrected chi connectivity index (χ3v) is 6.94. The molecule has 0 saturated heterocycles. The van der Waals surface area contributed by atoms with Gasteiger partial charge in [-0.2, -0.15) is 5.10 Å². The van der Waals surface area contributed by atoms with E-state index in [0.717, 1.165) is 31.9 Å². The number of anilines is 2. The van der Waals surface area contributed by atoms with Crippen LogP contribution in [0.1, 0.15) is 62.9 Å². The lowest BCUT2D eigenvalue weighted by atomic mass is 9.52. The number of benzene rings is 1. The number of hydrogen-bond acceptors (Lipinski definition) is 6. The second kappa shape index (κ2) is 9.02. The zero-order valence-corrected chi connectivity index (χ0v) is 21.7. The molecule has 2 aliphatic rings. The van der Waals surface area contributed by atoms with Gasteiger partial charge in [0.25, 0.3) is 5.91 Å². The fourth-order valence-electron chi connectivity index (χ4n) is 4.82. The van der Waals surface area contributed by atoms with Crippen LogP contribution in [0, 0.1) is 5.41 Å². The Morgan fingerprint density at radius 3 is 2.43 bits per heavy atom. The lowest BCUT2D eigenvalue weighted by Gasteiger charge is -2.57. The van der Waals surface area contributed by atoms with Crippen molar-refractivity contribution in [2.75, 3.05) is 16.3 Å². The number of carbonyl (C=O) groups excluding carboxylic acids is 2. The van der Waals surface area contributed by atoms with Crippen molar-refractivity contribution in [1.82, 2.24) is 15.1 Å². The first-order valence-electron chi connectivity index (χ1n) is 11.3. The van der Waals surface area contributed by atoms with Crippen molar-refractivity contribution in [1.29, 1.82) is 0 Å². The van der Waals surface area contributed by atoms with Crippen molar-refractivity contribution in [3.05, 3.63) is 41.2 Å². The third-order valence-electron chi connectivity index (χ3n) is 6.11. The largest absolute Gasteiger partial charge is 0.444 e. The lowest BCUT2D eigenvalue weighted by Crippen LogP contribution is -2.56. The number of aromatic nitrogens is 2. The quantitative estimate of drug-likeness (QED) is 0.520. The number of nitrogens with one attached hydrogen (secondary N) is 3. The Bertz CT molecular complexity index is 1240. The third kappa shape index (κ3) is 6.46. The summed E-state index contributed by atoms with van der Waals surface area (Å²) >= 11 is 6.06. The molecule has 0 unspecified atom stereocenters. The maximum absolute atomic E-state index is 12.7. The number of halogens is 1. The van der Waals surface area contributed by atoms with Gasteiger partial charge in [-0.15, -0.1) is 0 Å². The summed E-state index contributed by atoms with van der Waals surface area (Å²) in [6, 6.07) is 4.81. The van der Waals surface area contributed by atoms with Crippen molar-refractivity contribution in [3.63, 3.8) is 0 Å². The first-order chi connectivity index (χ1) is 16.2. The molecule has 1 aromatic heterocycles. The molecule has 2 amide bonds. The Morgan fingerprint density at radius 1 is 1.14 bits per heavy atom. The Kier molecular flexibility index (Phi) is 6.52. The van der Waals surface area contributed by atoms with E-state index in [1.54, 1.807) is 6.20 Å². The van der Waals surface area contributed by atoms with Gasteiger partial charge in [-0.25, -0.2) is 13.2 Å². The van der Waals surface area contributed by atoms with Crippen molar-refractivity contribution >= 4 is 45.0 Å². The van der Waals surface area contributed by atoms with Crippen LogP contribution in [0.3, 0.4) is 0 Å². The van der Waals surface area contributed by atoms with Crippen LogP contribution in [-0.2, 0) is 14.8 Å². The summed E-state index contributed by atoms with van der Waals surface area (Å²) in [5.74, 6) is -0.372. The normalized spacial score (nSPS) is 23.7. The molecule has 0 bridgehead atoms.